The average molecular weight is 367 g/mol. The van der Waals surface area contributed by atoms with Gasteiger partial charge in [0, 0.05) is 24.7 Å². The van der Waals surface area contributed by atoms with E-state index in [9.17, 15) is 9.59 Å². The Balaban J connectivity index is 1.86. The summed E-state index contributed by atoms with van der Waals surface area (Å²) in [6, 6.07) is 12.9. The normalized spacial score (nSPS) is 19.6. The first-order valence-corrected chi connectivity index (χ1v) is 9.25. The number of carbonyl (C=O) groups is 2. The number of hydrogen-bond acceptors (Lipinski definition) is 4. The zero-order chi connectivity index (χ0) is 19.2. The van der Waals surface area contributed by atoms with Crippen molar-refractivity contribution >= 4 is 11.8 Å². The Labute approximate surface area is 159 Å². The van der Waals surface area contributed by atoms with Crippen LogP contribution in [0.2, 0.25) is 0 Å². The van der Waals surface area contributed by atoms with Crippen molar-refractivity contribution in [1.82, 2.24) is 15.2 Å². The first-order valence-electron chi connectivity index (χ1n) is 9.25. The monoisotopic (exact) mass is 367 g/mol. The SMILES string of the molecule is CCN1C(=O)CC[C@@H](C(=O)NCc2ccccn2)[C@@H]1c1ccccc1OC. The summed E-state index contributed by atoms with van der Waals surface area (Å²) in [5.74, 6) is 0.366. The van der Waals surface area contributed by atoms with Crippen LogP contribution in [0, 0.1) is 5.92 Å². The Morgan fingerprint density at radius 2 is 2.04 bits per heavy atom. The lowest BCUT2D eigenvalue weighted by Crippen LogP contribution is -2.48. The van der Waals surface area contributed by atoms with Crippen LogP contribution in [0.3, 0.4) is 0 Å². The molecule has 1 saturated heterocycles. The van der Waals surface area contributed by atoms with E-state index in [1.165, 1.54) is 0 Å². The van der Waals surface area contributed by atoms with Gasteiger partial charge in [0.2, 0.25) is 11.8 Å². The van der Waals surface area contributed by atoms with E-state index >= 15 is 0 Å². The molecule has 1 fully saturated rings. The van der Waals surface area contributed by atoms with E-state index in [1.807, 2.05) is 49.4 Å². The Hall–Kier alpha value is -2.89. The maximum atomic E-state index is 13.0. The lowest BCUT2D eigenvalue weighted by molar-refractivity contribution is -0.143. The van der Waals surface area contributed by atoms with Crippen molar-refractivity contribution in [3.05, 3.63) is 59.9 Å². The van der Waals surface area contributed by atoms with Crippen molar-refractivity contribution in [3.63, 3.8) is 0 Å². The van der Waals surface area contributed by atoms with E-state index in [0.29, 0.717) is 31.7 Å². The summed E-state index contributed by atoms with van der Waals surface area (Å²) < 4.78 is 5.50. The highest BCUT2D eigenvalue weighted by molar-refractivity contribution is 5.85. The van der Waals surface area contributed by atoms with E-state index in [-0.39, 0.29) is 23.8 Å². The molecule has 6 nitrogen and oxygen atoms in total. The van der Waals surface area contributed by atoms with Gasteiger partial charge in [-0.05, 0) is 31.5 Å². The molecule has 0 unspecified atom stereocenters. The zero-order valence-corrected chi connectivity index (χ0v) is 15.7. The molecule has 6 heteroatoms. The number of nitrogens with one attached hydrogen (secondary N) is 1. The number of benzene rings is 1. The fourth-order valence-corrected chi connectivity index (χ4v) is 3.71. The summed E-state index contributed by atoms with van der Waals surface area (Å²) in [5.41, 5.74) is 1.67. The van der Waals surface area contributed by atoms with Crippen LogP contribution in [0.4, 0.5) is 0 Å². The number of pyridine rings is 1. The molecular formula is C21H25N3O3. The molecule has 0 spiro atoms. The van der Waals surface area contributed by atoms with Gasteiger partial charge < -0.3 is 15.0 Å². The predicted molar refractivity (Wildman–Crippen MR) is 102 cm³/mol. The largest absolute Gasteiger partial charge is 0.496 e. The molecule has 2 aromatic rings. The van der Waals surface area contributed by atoms with Crippen LogP contribution in [0.5, 0.6) is 5.75 Å². The van der Waals surface area contributed by atoms with Crippen molar-refractivity contribution in [2.24, 2.45) is 5.92 Å². The molecular weight excluding hydrogens is 342 g/mol. The molecule has 0 bridgehead atoms. The van der Waals surface area contributed by atoms with Crippen LogP contribution in [-0.2, 0) is 16.1 Å². The fourth-order valence-electron chi connectivity index (χ4n) is 3.71. The number of para-hydroxylation sites is 1. The number of amides is 2. The number of hydrogen-bond donors (Lipinski definition) is 1. The van der Waals surface area contributed by atoms with Gasteiger partial charge in [0.1, 0.15) is 5.75 Å². The molecule has 27 heavy (non-hydrogen) atoms. The first kappa shape index (κ1) is 18.9. The third kappa shape index (κ3) is 4.10. The van der Waals surface area contributed by atoms with E-state index in [2.05, 4.69) is 10.3 Å². The van der Waals surface area contributed by atoms with Gasteiger partial charge in [-0.25, -0.2) is 0 Å². The number of carbonyl (C=O) groups excluding carboxylic acids is 2. The third-order valence-corrected chi connectivity index (χ3v) is 5.01. The fraction of sp³-hybridized carbons (Fsp3) is 0.381. The summed E-state index contributed by atoms with van der Waals surface area (Å²) in [7, 11) is 1.61. The Kier molecular flexibility index (Phi) is 6.06. The maximum absolute atomic E-state index is 13.0. The Morgan fingerprint density at radius 3 is 2.74 bits per heavy atom. The topological polar surface area (TPSA) is 71.5 Å². The van der Waals surface area contributed by atoms with Crippen LogP contribution < -0.4 is 10.1 Å². The highest BCUT2D eigenvalue weighted by Gasteiger charge is 2.41. The lowest BCUT2D eigenvalue weighted by Gasteiger charge is -2.40. The van der Waals surface area contributed by atoms with Gasteiger partial charge in [0.25, 0.3) is 0 Å². The summed E-state index contributed by atoms with van der Waals surface area (Å²) in [4.78, 5) is 31.5. The highest BCUT2D eigenvalue weighted by atomic mass is 16.5. The predicted octanol–water partition coefficient (Wildman–Crippen LogP) is 2.71. The van der Waals surface area contributed by atoms with Crippen LogP contribution in [-0.4, -0.2) is 35.4 Å². The summed E-state index contributed by atoms with van der Waals surface area (Å²) in [5, 5.41) is 2.99. The number of ether oxygens (including phenoxy) is 1. The smallest absolute Gasteiger partial charge is 0.225 e. The molecule has 1 aliphatic heterocycles. The molecule has 142 valence electrons. The summed E-state index contributed by atoms with van der Waals surface area (Å²) >= 11 is 0. The van der Waals surface area contributed by atoms with E-state index < -0.39 is 0 Å². The molecule has 0 radical (unpaired) electrons. The van der Waals surface area contributed by atoms with Gasteiger partial charge in [0.15, 0.2) is 0 Å². The minimum Gasteiger partial charge on any atom is -0.496 e. The second-order valence-electron chi connectivity index (χ2n) is 6.55. The number of likely N-dealkylation sites (tertiary alicyclic amines) is 1. The van der Waals surface area contributed by atoms with Crippen LogP contribution in [0.15, 0.2) is 48.7 Å². The van der Waals surface area contributed by atoms with Crippen molar-refractivity contribution in [1.29, 1.82) is 0 Å². The van der Waals surface area contributed by atoms with Crippen molar-refractivity contribution < 1.29 is 14.3 Å². The molecule has 1 aromatic carbocycles. The Morgan fingerprint density at radius 1 is 1.26 bits per heavy atom. The van der Waals surface area contributed by atoms with Crippen molar-refractivity contribution in [2.75, 3.05) is 13.7 Å². The number of rotatable bonds is 6. The summed E-state index contributed by atoms with van der Waals surface area (Å²) in [6.45, 7) is 2.86. The van der Waals surface area contributed by atoms with Gasteiger partial charge in [0.05, 0.1) is 31.3 Å². The standard InChI is InChI=1S/C21H25N3O3/c1-3-24-19(25)12-11-17(20(24)16-9-4-5-10-18(16)27-2)21(26)23-14-15-8-6-7-13-22-15/h4-10,13,17,20H,3,11-12,14H2,1-2H3,(H,23,26)/t17-,20+/m1/s1. The molecule has 0 saturated carbocycles. The molecule has 1 N–H and O–H groups in total. The van der Waals surface area contributed by atoms with Crippen LogP contribution in [0.25, 0.3) is 0 Å². The molecule has 3 rings (SSSR count). The van der Waals surface area contributed by atoms with Gasteiger partial charge >= 0.3 is 0 Å². The molecule has 2 amide bonds. The molecule has 0 aliphatic carbocycles. The van der Waals surface area contributed by atoms with Gasteiger partial charge in [-0.2, -0.15) is 0 Å². The van der Waals surface area contributed by atoms with Crippen molar-refractivity contribution in [3.8, 4) is 5.75 Å². The van der Waals surface area contributed by atoms with Crippen molar-refractivity contribution in [2.45, 2.75) is 32.4 Å². The van der Waals surface area contributed by atoms with Gasteiger partial charge in [-0.15, -0.1) is 0 Å². The van der Waals surface area contributed by atoms with Crippen LogP contribution >= 0.6 is 0 Å². The van der Waals surface area contributed by atoms with E-state index in [0.717, 1.165) is 11.3 Å². The molecule has 2 heterocycles. The van der Waals surface area contributed by atoms with Crippen LogP contribution in [0.1, 0.15) is 37.1 Å². The Bertz CT molecular complexity index is 794. The number of nitrogens with zero attached hydrogens (tertiary/aromatic N) is 2. The summed E-state index contributed by atoms with van der Waals surface area (Å²) in [6.07, 6.45) is 2.60. The minimum atomic E-state index is -0.337. The quantitative estimate of drug-likeness (QED) is 0.852. The molecule has 2 atom stereocenters. The molecule has 1 aliphatic rings. The number of methoxy groups -OCH3 is 1. The second kappa shape index (κ2) is 8.66. The maximum Gasteiger partial charge on any atom is 0.225 e. The van der Waals surface area contributed by atoms with Gasteiger partial charge in [-0.1, -0.05) is 24.3 Å². The number of aromatic nitrogens is 1. The van der Waals surface area contributed by atoms with E-state index in [1.54, 1.807) is 18.2 Å². The number of piperidine rings is 1. The average Bonchev–Trinajstić information content (AvgIpc) is 2.72. The minimum absolute atomic E-state index is 0.0671. The first-order chi connectivity index (χ1) is 13.2. The second-order valence-corrected chi connectivity index (χ2v) is 6.55. The molecule has 1 aromatic heterocycles. The van der Waals surface area contributed by atoms with E-state index in [4.69, 9.17) is 4.74 Å². The zero-order valence-electron chi connectivity index (χ0n) is 15.7. The lowest BCUT2D eigenvalue weighted by atomic mass is 9.83. The van der Waals surface area contributed by atoms with Gasteiger partial charge in [-0.3, -0.25) is 14.6 Å². The highest BCUT2D eigenvalue weighted by Crippen LogP contribution is 2.40. The third-order valence-electron chi connectivity index (χ3n) is 5.01.